The molecule has 0 radical (unpaired) electrons. The molecule has 0 saturated heterocycles. The van der Waals surface area contributed by atoms with Crippen molar-refractivity contribution in [1.29, 1.82) is 0 Å². The van der Waals surface area contributed by atoms with E-state index < -0.39 is 0 Å². The van der Waals surface area contributed by atoms with Gasteiger partial charge in [-0.1, -0.05) is 41.4 Å². The van der Waals surface area contributed by atoms with Crippen LogP contribution in [0.25, 0.3) is 0 Å². The summed E-state index contributed by atoms with van der Waals surface area (Å²) < 4.78 is 5.72. The molecule has 0 saturated carbocycles. The molecule has 3 nitrogen and oxygen atoms in total. The van der Waals surface area contributed by atoms with Gasteiger partial charge in [0.05, 0.1) is 6.10 Å². The molecule has 0 aromatic heterocycles. The lowest BCUT2D eigenvalue weighted by molar-refractivity contribution is 0.191. The summed E-state index contributed by atoms with van der Waals surface area (Å²) in [7, 11) is 0. The molecular formula is C17H19Cl2NO2. The molecule has 0 aliphatic rings. The van der Waals surface area contributed by atoms with Crippen LogP contribution in [0, 0.1) is 0 Å². The van der Waals surface area contributed by atoms with Gasteiger partial charge in [-0.25, -0.2) is 0 Å². The fourth-order valence-corrected chi connectivity index (χ4v) is 2.39. The van der Waals surface area contributed by atoms with Crippen molar-refractivity contribution in [2.45, 2.75) is 26.2 Å². The number of ether oxygens (including phenoxy) is 1. The molecule has 0 spiro atoms. The van der Waals surface area contributed by atoms with Gasteiger partial charge in [-0.15, -0.1) is 0 Å². The number of benzene rings is 2. The van der Waals surface area contributed by atoms with Crippen LogP contribution in [0.5, 0.6) is 5.75 Å². The van der Waals surface area contributed by atoms with Crippen LogP contribution in [-0.4, -0.2) is 17.8 Å². The van der Waals surface area contributed by atoms with Crippen molar-refractivity contribution >= 4 is 23.2 Å². The predicted molar refractivity (Wildman–Crippen MR) is 90.6 cm³/mol. The summed E-state index contributed by atoms with van der Waals surface area (Å²) in [4.78, 5) is 0. The molecule has 2 N–H and O–H groups in total. The van der Waals surface area contributed by atoms with E-state index in [1.807, 2.05) is 30.3 Å². The maximum atomic E-state index is 9.19. The molecule has 0 heterocycles. The largest absolute Gasteiger partial charge is 0.489 e. The number of hydrogen-bond acceptors (Lipinski definition) is 3. The quantitative estimate of drug-likeness (QED) is 0.799. The molecule has 5 heteroatoms. The van der Waals surface area contributed by atoms with Crippen molar-refractivity contribution in [2.75, 3.05) is 6.54 Å². The van der Waals surface area contributed by atoms with Crippen molar-refractivity contribution in [3.05, 3.63) is 63.6 Å². The van der Waals surface area contributed by atoms with Crippen LogP contribution in [-0.2, 0) is 13.2 Å². The molecule has 2 rings (SSSR count). The van der Waals surface area contributed by atoms with Gasteiger partial charge in [0.25, 0.3) is 0 Å². The van der Waals surface area contributed by atoms with E-state index >= 15 is 0 Å². The Balaban J connectivity index is 1.86. The van der Waals surface area contributed by atoms with E-state index in [0.717, 1.165) is 16.9 Å². The molecule has 1 atom stereocenters. The van der Waals surface area contributed by atoms with Crippen LogP contribution in [0.2, 0.25) is 10.0 Å². The van der Waals surface area contributed by atoms with Gasteiger partial charge >= 0.3 is 0 Å². The highest BCUT2D eigenvalue weighted by Gasteiger charge is 2.03. The topological polar surface area (TPSA) is 41.5 Å². The van der Waals surface area contributed by atoms with Gasteiger partial charge in [0.15, 0.2) is 0 Å². The van der Waals surface area contributed by atoms with Crippen LogP contribution in [0.1, 0.15) is 18.1 Å². The minimum Gasteiger partial charge on any atom is -0.489 e. The van der Waals surface area contributed by atoms with Crippen LogP contribution in [0.3, 0.4) is 0 Å². The van der Waals surface area contributed by atoms with Gasteiger partial charge in [-0.3, -0.25) is 0 Å². The second-order valence-corrected chi connectivity index (χ2v) is 5.99. The van der Waals surface area contributed by atoms with Crippen LogP contribution < -0.4 is 10.1 Å². The number of aliphatic hydroxyl groups excluding tert-OH is 1. The molecule has 2 aromatic carbocycles. The molecule has 0 aliphatic heterocycles. The van der Waals surface area contributed by atoms with Gasteiger partial charge in [0, 0.05) is 28.7 Å². The smallest absolute Gasteiger partial charge is 0.119 e. The van der Waals surface area contributed by atoms with E-state index in [1.165, 1.54) is 0 Å². The summed E-state index contributed by atoms with van der Waals surface area (Å²) in [5.41, 5.74) is 2.03. The molecule has 118 valence electrons. The minimum atomic E-state index is -0.341. The average molecular weight is 340 g/mol. The van der Waals surface area contributed by atoms with Gasteiger partial charge in [-0.2, -0.15) is 0 Å². The van der Waals surface area contributed by atoms with Crippen molar-refractivity contribution in [3.63, 3.8) is 0 Å². The summed E-state index contributed by atoms with van der Waals surface area (Å²) >= 11 is 12.0. The Labute approximate surface area is 140 Å². The summed E-state index contributed by atoms with van der Waals surface area (Å²) in [5.74, 6) is 0.783. The van der Waals surface area contributed by atoms with Crippen molar-refractivity contribution < 1.29 is 9.84 Å². The Morgan fingerprint density at radius 2 is 1.86 bits per heavy atom. The van der Waals surface area contributed by atoms with E-state index in [1.54, 1.807) is 19.1 Å². The van der Waals surface area contributed by atoms with E-state index in [2.05, 4.69) is 5.32 Å². The van der Waals surface area contributed by atoms with Gasteiger partial charge in [0.1, 0.15) is 12.4 Å². The Hall–Kier alpha value is -1.26. The first-order valence-electron chi connectivity index (χ1n) is 7.09. The summed E-state index contributed by atoms with van der Waals surface area (Å²) in [6.07, 6.45) is -0.341. The van der Waals surface area contributed by atoms with Gasteiger partial charge in [0.2, 0.25) is 0 Å². The molecule has 1 unspecified atom stereocenters. The fraction of sp³-hybridized carbons (Fsp3) is 0.294. The summed E-state index contributed by atoms with van der Waals surface area (Å²) in [6, 6.07) is 13.2. The lowest BCUT2D eigenvalue weighted by Crippen LogP contribution is -2.23. The highest BCUT2D eigenvalue weighted by Crippen LogP contribution is 2.22. The SMILES string of the molecule is CC(O)CNCc1ccc(OCc2ccc(Cl)cc2Cl)cc1. The number of aliphatic hydroxyl groups is 1. The Bertz CT molecular complexity index is 600. The predicted octanol–water partition coefficient (Wildman–Crippen LogP) is 4.04. The number of hydrogen-bond donors (Lipinski definition) is 2. The van der Waals surface area contributed by atoms with Gasteiger partial charge in [-0.05, 0) is 36.8 Å². The number of halogens is 2. The first-order valence-corrected chi connectivity index (χ1v) is 7.84. The molecular weight excluding hydrogens is 321 g/mol. The lowest BCUT2D eigenvalue weighted by Gasteiger charge is -2.10. The average Bonchev–Trinajstić information content (AvgIpc) is 2.47. The number of rotatable bonds is 7. The summed E-state index contributed by atoms with van der Waals surface area (Å²) in [6.45, 7) is 3.45. The third-order valence-electron chi connectivity index (χ3n) is 3.10. The van der Waals surface area contributed by atoms with E-state index in [4.69, 9.17) is 27.9 Å². The molecule has 0 amide bonds. The monoisotopic (exact) mass is 339 g/mol. The van der Waals surface area contributed by atoms with Crippen LogP contribution >= 0.6 is 23.2 Å². The molecule has 0 bridgehead atoms. The molecule has 0 fully saturated rings. The Morgan fingerprint density at radius 3 is 2.50 bits per heavy atom. The van der Waals surface area contributed by atoms with Crippen molar-refractivity contribution in [2.24, 2.45) is 0 Å². The second-order valence-electron chi connectivity index (χ2n) is 5.15. The van der Waals surface area contributed by atoms with Crippen molar-refractivity contribution in [3.8, 4) is 5.75 Å². The lowest BCUT2D eigenvalue weighted by atomic mass is 10.2. The zero-order chi connectivity index (χ0) is 15.9. The highest BCUT2D eigenvalue weighted by molar-refractivity contribution is 6.35. The van der Waals surface area contributed by atoms with E-state index in [0.29, 0.717) is 29.7 Å². The summed E-state index contributed by atoms with van der Waals surface area (Å²) in [5, 5.41) is 13.6. The molecule has 0 aliphatic carbocycles. The minimum absolute atomic E-state index is 0.341. The Kier molecular flexibility index (Phi) is 6.52. The van der Waals surface area contributed by atoms with Crippen molar-refractivity contribution in [1.82, 2.24) is 5.32 Å². The standard InChI is InChI=1S/C17H19Cl2NO2/c1-12(21)9-20-10-13-2-6-16(7-3-13)22-11-14-4-5-15(18)8-17(14)19/h2-8,12,20-21H,9-11H2,1H3. The van der Waals surface area contributed by atoms with Crippen LogP contribution in [0.4, 0.5) is 0 Å². The maximum absolute atomic E-state index is 9.19. The third kappa shape index (κ3) is 5.50. The van der Waals surface area contributed by atoms with Gasteiger partial charge < -0.3 is 15.2 Å². The first-order chi connectivity index (χ1) is 10.5. The maximum Gasteiger partial charge on any atom is 0.119 e. The normalized spacial score (nSPS) is 12.2. The zero-order valence-corrected chi connectivity index (χ0v) is 13.9. The third-order valence-corrected chi connectivity index (χ3v) is 3.69. The van der Waals surface area contributed by atoms with E-state index in [9.17, 15) is 5.11 Å². The Morgan fingerprint density at radius 1 is 1.14 bits per heavy atom. The fourth-order valence-electron chi connectivity index (χ4n) is 1.93. The second kappa shape index (κ2) is 8.39. The first kappa shape index (κ1) is 17.1. The highest BCUT2D eigenvalue weighted by atomic mass is 35.5. The van der Waals surface area contributed by atoms with Crippen LogP contribution in [0.15, 0.2) is 42.5 Å². The van der Waals surface area contributed by atoms with E-state index in [-0.39, 0.29) is 6.10 Å². The molecule has 22 heavy (non-hydrogen) atoms. The molecule has 2 aromatic rings. The zero-order valence-electron chi connectivity index (χ0n) is 12.4. The number of nitrogens with one attached hydrogen (secondary N) is 1.